The maximum Gasteiger partial charge on any atom is 0.277 e. The van der Waals surface area contributed by atoms with Gasteiger partial charge in [0.05, 0.1) is 17.1 Å². The van der Waals surface area contributed by atoms with Crippen LogP contribution in [0.3, 0.4) is 0 Å². The Bertz CT molecular complexity index is 681. The number of carbonyl (C=O) groups is 2. The van der Waals surface area contributed by atoms with E-state index in [-0.39, 0.29) is 36.7 Å². The highest BCUT2D eigenvalue weighted by Gasteiger charge is 2.39. The van der Waals surface area contributed by atoms with Gasteiger partial charge in [0.2, 0.25) is 0 Å². The molecule has 0 unspecified atom stereocenters. The van der Waals surface area contributed by atoms with Crippen molar-refractivity contribution in [2.24, 2.45) is 0 Å². The maximum absolute atomic E-state index is 12.5. The van der Waals surface area contributed by atoms with Gasteiger partial charge in [-0.25, -0.2) is 0 Å². The number of nitro benzene ring substituents is 1. The van der Waals surface area contributed by atoms with E-state index < -0.39 is 16.7 Å². The highest BCUT2D eigenvalue weighted by Crippen LogP contribution is 2.31. The molecule has 0 atom stereocenters. The van der Waals surface area contributed by atoms with Crippen molar-refractivity contribution in [3.8, 4) is 0 Å². The van der Waals surface area contributed by atoms with Gasteiger partial charge in [0.1, 0.15) is 5.70 Å². The van der Waals surface area contributed by atoms with E-state index in [0.717, 1.165) is 4.90 Å². The number of imide groups is 1. The summed E-state index contributed by atoms with van der Waals surface area (Å²) in [6.07, 6.45) is 0. The van der Waals surface area contributed by atoms with E-state index in [0.29, 0.717) is 5.56 Å². The predicted octanol–water partition coefficient (Wildman–Crippen LogP) is 0.619. The van der Waals surface area contributed by atoms with Crippen molar-refractivity contribution in [3.63, 3.8) is 0 Å². The molecule has 0 bridgehead atoms. The Morgan fingerprint density at radius 3 is 2.30 bits per heavy atom. The summed E-state index contributed by atoms with van der Waals surface area (Å²) in [5, 5.41) is 19.8. The number of carbonyl (C=O) groups excluding carboxylic acids is 2. The van der Waals surface area contributed by atoms with Gasteiger partial charge in [0, 0.05) is 32.3 Å². The van der Waals surface area contributed by atoms with Crippen LogP contribution >= 0.6 is 0 Å². The standard InChI is InChI=1S/C15H17N3O5/c1-3-17-14(20)12(13(15(17)21)16(2)8-9-19)10-4-6-11(7-5-10)18(22)23/h4-7,19H,3,8-9H2,1-2H3. The molecule has 23 heavy (non-hydrogen) atoms. The van der Waals surface area contributed by atoms with Crippen molar-refractivity contribution in [2.75, 3.05) is 26.7 Å². The lowest BCUT2D eigenvalue weighted by atomic mass is 10.0. The van der Waals surface area contributed by atoms with Crippen molar-refractivity contribution in [2.45, 2.75) is 6.92 Å². The molecule has 0 saturated carbocycles. The maximum atomic E-state index is 12.5. The summed E-state index contributed by atoms with van der Waals surface area (Å²) in [6.45, 7) is 1.95. The lowest BCUT2D eigenvalue weighted by Gasteiger charge is -2.19. The molecule has 1 aliphatic rings. The highest BCUT2D eigenvalue weighted by molar-refractivity contribution is 6.35. The molecule has 1 aliphatic heterocycles. The number of hydrogen-bond donors (Lipinski definition) is 1. The van der Waals surface area contributed by atoms with Crippen LogP contribution in [0.25, 0.3) is 5.57 Å². The van der Waals surface area contributed by atoms with Crippen molar-refractivity contribution in [1.82, 2.24) is 9.80 Å². The minimum absolute atomic E-state index is 0.0938. The van der Waals surface area contributed by atoms with E-state index in [4.69, 9.17) is 5.11 Å². The Morgan fingerprint density at radius 2 is 1.83 bits per heavy atom. The second kappa shape index (κ2) is 6.57. The number of nitro groups is 1. The largest absolute Gasteiger partial charge is 0.395 e. The van der Waals surface area contributed by atoms with Gasteiger partial charge in [-0.2, -0.15) is 0 Å². The Labute approximate surface area is 132 Å². The summed E-state index contributed by atoms with van der Waals surface area (Å²) >= 11 is 0. The van der Waals surface area contributed by atoms with Gasteiger partial charge in [-0.1, -0.05) is 0 Å². The number of rotatable bonds is 6. The smallest absolute Gasteiger partial charge is 0.277 e. The predicted molar refractivity (Wildman–Crippen MR) is 82.1 cm³/mol. The quantitative estimate of drug-likeness (QED) is 0.468. The zero-order valence-corrected chi connectivity index (χ0v) is 12.9. The average Bonchev–Trinajstić information content (AvgIpc) is 2.78. The molecule has 8 nitrogen and oxygen atoms in total. The molecule has 0 radical (unpaired) electrons. The SMILES string of the molecule is CCN1C(=O)C(c2ccc([N+](=O)[O-])cc2)=C(N(C)CCO)C1=O. The van der Waals surface area contributed by atoms with E-state index in [2.05, 4.69) is 0 Å². The number of non-ortho nitro benzene ring substituents is 1. The summed E-state index contributed by atoms with van der Waals surface area (Å²) in [5.74, 6) is -0.868. The molecule has 2 amide bonds. The fourth-order valence-corrected chi connectivity index (χ4v) is 2.48. The van der Waals surface area contributed by atoms with E-state index in [1.807, 2.05) is 0 Å². The average molecular weight is 319 g/mol. The van der Waals surface area contributed by atoms with Gasteiger partial charge in [-0.15, -0.1) is 0 Å². The zero-order valence-electron chi connectivity index (χ0n) is 12.9. The van der Waals surface area contributed by atoms with Crippen LogP contribution < -0.4 is 0 Å². The summed E-state index contributed by atoms with van der Waals surface area (Å²) in [5.41, 5.74) is 0.732. The van der Waals surface area contributed by atoms with Crippen LogP contribution in [0, 0.1) is 10.1 Å². The Morgan fingerprint density at radius 1 is 1.22 bits per heavy atom. The number of hydrogen-bond acceptors (Lipinski definition) is 6. The first kappa shape index (κ1) is 16.6. The highest BCUT2D eigenvalue weighted by atomic mass is 16.6. The molecule has 0 saturated heterocycles. The van der Waals surface area contributed by atoms with Crippen molar-refractivity contribution in [1.29, 1.82) is 0 Å². The Hall–Kier alpha value is -2.74. The molecule has 1 aromatic rings. The van der Waals surface area contributed by atoms with Crippen LogP contribution in [0.2, 0.25) is 0 Å². The first-order valence-corrected chi connectivity index (χ1v) is 7.09. The number of nitrogens with zero attached hydrogens (tertiary/aromatic N) is 3. The fraction of sp³-hybridized carbons (Fsp3) is 0.333. The summed E-state index contributed by atoms with van der Waals surface area (Å²) in [7, 11) is 1.61. The minimum atomic E-state index is -0.531. The van der Waals surface area contributed by atoms with Gasteiger partial charge in [-0.3, -0.25) is 24.6 Å². The molecule has 2 rings (SSSR count). The lowest BCUT2D eigenvalue weighted by Crippen LogP contribution is -2.34. The van der Waals surface area contributed by atoms with Crippen LogP contribution in [-0.4, -0.2) is 58.4 Å². The van der Waals surface area contributed by atoms with E-state index in [9.17, 15) is 19.7 Å². The number of amides is 2. The molecule has 0 spiro atoms. The zero-order chi connectivity index (χ0) is 17.1. The number of aliphatic hydroxyl groups excluding tert-OH is 1. The molecule has 8 heteroatoms. The van der Waals surface area contributed by atoms with Crippen LogP contribution in [0.5, 0.6) is 0 Å². The van der Waals surface area contributed by atoms with Gasteiger partial charge in [0.15, 0.2) is 0 Å². The first-order chi connectivity index (χ1) is 10.9. The third-order valence-corrected chi connectivity index (χ3v) is 3.64. The van der Waals surface area contributed by atoms with Crippen LogP contribution in [-0.2, 0) is 9.59 Å². The van der Waals surface area contributed by atoms with Crippen LogP contribution in [0.4, 0.5) is 5.69 Å². The minimum Gasteiger partial charge on any atom is -0.395 e. The number of aliphatic hydroxyl groups is 1. The normalized spacial score (nSPS) is 14.7. The summed E-state index contributed by atoms with van der Waals surface area (Å²) < 4.78 is 0. The van der Waals surface area contributed by atoms with Gasteiger partial charge < -0.3 is 10.0 Å². The molecule has 0 fully saturated rings. The second-order valence-corrected chi connectivity index (χ2v) is 5.03. The Kier molecular flexibility index (Phi) is 4.75. The van der Waals surface area contributed by atoms with Crippen molar-refractivity contribution >= 4 is 23.1 Å². The number of benzene rings is 1. The van der Waals surface area contributed by atoms with Crippen LogP contribution in [0.1, 0.15) is 12.5 Å². The van der Waals surface area contributed by atoms with Crippen molar-refractivity contribution < 1.29 is 19.6 Å². The molecule has 1 aromatic carbocycles. The van der Waals surface area contributed by atoms with Gasteiger partial charge >= 0.3 is 0 Å². The molecule has 1 N–H and O–H groups in total. The molecular weight excluding hydrogens is 302 g/mol. The van der Waals surface area contributed by atoms with E-state index in [1.165, 1.54) is 29.2 Å². The fourth-order valence-electron chi connectivity index (χ4n) is 2.48. The van der Waals surface area contributed by atoms with Gasteiger partial charge in [0.25, 0.3) is 17.5 Å². The molecular formula is C15H17N3O5. The van der Waals surface area contributed by atoms with Crippen LogP contribution in [0.15, 0.2) is 30.0 Å². The Balaban J connectivity index is 2.54. The molecule has 1 heterocycles. The summed E-state index contributed by atoms with van der Waals surface area (Å²) in [6, 6.07) is 5.48. The third kappa shape index (κ3) is 2.93. The third-order valence-electron chi connectivity index (χ3n) is 3.64. The summed E-state index contributed by atoms with van der Waals surface area (Å²) in [4.78, 5) is 37.8. The monoisotopic (exact) mass is 319 g/mol. The number of likely N-dealkylation sites (N-methyl/N-ethyl adjacent to an activating group) is 2. The molecule has 0 aromatic heterocycles. The van der Waals surface area contributed by atoms with E-state index >= 15 is 0 Å². The van der Waals surface area contributed by atoms with Crippen molar-refractivity contribution in [3.05, 3.63) is 45.6 Å². The first-order valence-electron chi connectivity index (χ1n) is 7.09. The molecule has 0 aliphatic carbocycles. The topological polar surface area (TPSA) is 104 Å². The van der Waals surface area contributed by atoms with E-state index in [1.54, 1.807) is 14.0 Å². The lowest BCUT2D eigenvalue weighted by molar-refractivity contribution is -0.384. The molecule has 122 valence electrons. The second-order valence-electron chi connectivity index (χ2n) is 5.03. The van der Waals surface area contributed by atoms with Gasteiger partial charge in [-0.05, 0) is 24.6 Å².